The highest BCUT2D eigenvalue weighted by Crippen LogP contribution is 2.24. The number of aromatic nitrogens is 1. The molecule has 0 bridgehead atoms. The summed E-state index contributed by atoms with van der Waals surface area (Å²) in [5, 5.41) is 11.5. The maximum absolute atomic E-state index is 10.8. The largest absolute Gasteiger partial charge is 0.481 e. The second kappa shape index (κ2) is 8.05. The molecule has 4 nitrogen and oxygen atoms in total. The fourth-order valence-electron chi connectivity index (χ4n) is 2.69. The van der Waals surface area contributed by atoms with Gasteiger partial charge in [0, 0.05) is 24.0 Å². The van der Waals surface area contributed by atoms with Gasteiger partial charge in [0.15, 0.2) is 0 Å². The van der Waals surface area contributed by atoms with Gasteiger partial charge < -0.3 is 5.11 Å². The molecule has 0 radical (unpaired) electrons. The van der Waals surface area contributed by atoms with Crippen molar-refractivity contribution in [3.63, 3.8) is 0 Å². The van der Waals surface area contributed by atoms with Crippen molar-refractivity contribution in [1.29, 1.82) is 0 Å². The minimum Gasteiger partial charge on any atom is -0.481 e. The summed E-state index contributed by atoms with van der Waals surface area (Å²) in [7, 11) is 2.11. The number of hydrogen-bond acceptors (Lipinski definition) is 4. The first-order valence-corrected chi connectivity index (χ1v) is 8.96. The fourth-order valence-corrected chi connectivity index (χ4v) is 3.52. The van der Waals surface area contributed by atoms with Crippen LogP contribution in [-0.4, -0.2) is 28.0 Å². The number of rotatable bonds is 7. The van der Waals surface area contributed by atoms with E-state index in [9.17, 15) is 4.79 Å². The highest BCUT2D eigenvalue weighted by atomic mass is 32.1. The molecule has 1 heterocycles. The molecule has 128 valence electrons. The highest BCUT2D eigenvalue weighted by Gasteiger charge is 2.08. The Hall–Kier alpha value is -2.50. The number of aliphatic carboxylic acids is 1. The van der Waals surface area contributed by atoms with E-state index >= 15 is 0 Å². The number of nitrogens with zero attached hydrogens (tertiary/aromatic N) is 2. The molecule has 1 N–H and O–H groups in total. The van der Waals surface area contributed by atoms with Crippen LogP contribution in [0.25, 0.3) is 10.6 Å². The van der Waals surface area contributed by atoms with Crippen LogP contribution in [0.1, 0.15) is 16.8 Å². The summed E-state index contributed by atoms with van der Waals surface area (Å²) in [6.07, 6.45) is -0.0289. The second-order valence-corrected chi connectivity index (χ2v) is 6.93. The number of carboxylic acid groups (broad SMARTS) is 1. The predicted octanol–water partition coefficient (Wildman–Crippen LogP) is 4.07. The topological polar surface area (TPSA) is 53.4 Å². The standard InChI is InChI=1S/C20H20N2O2S/c1-22(12-15-5-3-2-4-6-15)13-16-7-9-17(10-8-16)20-21-18(14-25-20)11-19(23)24/h2-10,14H,11-13H2,1H3,(H,23,24). The van der Waals surface area contributed by atoms with Crippen LogP contribution in [0, 0.1) is 0 Å². The van der Waals surface area contributed by atoms with E-state index in [1.165, 1.54) is 22.5 Å². The van der Waals surface area contributed by atoms with Crippen LogP contribution >= 0.6 is 11.3 Å². The van der Waals surface area contributed by atoms with Crippen molar-refractivity contribution in [1.82, 2.24) is 9.88 Å². The van der Waals surface area contributed by atoms with Crippen molar-refractivity contribution < 1.29 is 9.90 Å². The molecule has 25 heavy (non-hydrogen) atoms. The van der Waals surface area contributed by atoms with Crippen LogP contribution in [0.4, 0.5) is 0 Å². The molecule has 0 saturated carbocycles. The number of benzene rings is 2. The van der Waals surface area contributed by atoms with Crippen molar-refractivity contribution in [2.24, 2.45) is 0 Å². The van der Waals surface area contributed by atoms with Gasteiger partial charge in [-0.05, 0) is 18.2 Å². The van der Waals surface area contributed by atoms with Gasteiger partial charge in [-0.15, -0.1) is 11.3 Å². The van der Waals surface area contributed by atoms with E-state index in [-0.39, 0.29) is 6.42 Å². The van der Waals surface area contributed by atoms with Gasteiger partial charge in [0.1, 0.15) is 5.01 Å². The van der Waals surface area contributed by atoms with Crippen molar-refractivity contribution in [3.05, 3.63) is 76.8 Å². The lowest BCUT2D eigenvalue weighted by atomic mass is 10.1. The number of carboxylic acids is 1. The molecule has 0 unspecified atom stereocenters. The first kappa shape index (κ1) is 17.3. The van der Waals surface area contributed by atoms with E-state index in [2.05, 4.69) is 65.5 Å². The van der Waals surface area contributed by atoms with Gasteiger partial charge in [0.05, 0.1) is 12.1 Å². The van der Waals surface area contributed by atoms with E-state index < -0.39 is 5.97 Å². The molecule has 2 aromatic carbocycles. The number of thiazole rings is 1. The third-order valence-electron chi connectivity index (χ3n) is 3.83. The van der Waals surface area contributed by atoms with Crippen LogP contribution in [0.3, 0.4) is 0 Å². The molecule has 0 aliphatic carbocycles. The van der Waals surface area contributed by atoms with Crippen LogP contribution in [0.5, 0.6) is 0 Å². The summed E-state index contributed by atoms with van der Waals surface area (Å²) in [5.74, 6) is -0.853. The number of hydrogen-bond donors (Lipinski definition) is 1. The van der Waals surface area contributed by atoms with E-state index in [0.29, 0.717) is 5.69 Å². The third-order valence-corrected chi connectivity index (χ3v) is 4.77. The van der Waals surface area contributed by atoms with Crippen molar-refractivity contribution >= 4 is 17.3 Å². The van der Waals surface area contributed by atoms with Crippen molar-refractivity contribution in [3.8, 4) is 10.6 Å². The molecule has 0 amide bonds. The van der Waals surface area contributed by atoms with Crippen molar-refractivity contribution in [2.75, 3.05) is 7.05 Å². The van der Waals surface area contributed by atoms with Crippen LogP contribution in [0.15, 0.2) is 60.0 Å². The molecule has 0 aliphatic rings. The lowest BCUT2D eigenvalue weighted by Gasteiger charge is -2.17. The Bertz CT molecular complexity index is 828. The summed E-state index contributed by atoms with van der Waals surface area (Å²) >= 11 is 1.48. The average Bonchev–Trinajstić information content (AvgIpc) is 3.04. The third kappa shape index (κ3) is 4.98. The Morgan fingerprint density at radius 3 is 2.32 bits per heavy atom. The normalized spacial score (nSPS) is 11.0. The summed E-state index contributed by atoms with van der Waals surface area (Å²) < 4.78 is 0. The Balaban J connectivity index is 1.62. The Morgan fingerprint density at radius 1 is 1.04 bits per heavy atom. The highest BCUT2D eigenvalue weighted by molar-refractivity contribution is 7.13. The summed E-state index contributed by atoms with van der Waals surface area (Å²) in [6.45, 7) is 1.78. The smallest absolute Gasteiger partial charge is 0.309 e. The molecule has 0 atom stereocenters. The molecule has 0 saturated heterocycles. The van der Waals surface area contributed by atoms with Crippen LogP contribution in [-0.2, 0) is 24.3 Å². The van der Waals surface area contributed by atoms with Crippen LogP contribution < -0.4 is 0 Å². The lowest BCUT2D eigenvalue weighted by molar-refractivity contribution is -0.136. The Kier molecular flexibility index (Phi) is 5.58. The van der Waals surface area contributed by atoms with E-state index in [1.807, 2.05) is 11.4 Å². The molecule has 1 aromatic heterocycles. The van der Waals surface area contributed by atoms with Crippen LogP contribution in [0.2, 0.25) is 0 Å². The fraction of sp³-hybridized carbons (Fsp3) is 0.200. The molecule has 5 heteroatoms. The number of carbonyl (C=O) groups is 1. The summed E-state index contributed by atoms with van der Waals surface area (Å²) in [5.41, 5.74) is 4.18. The molecule has 0 spiro atoms. The molecular formula is C20H20N2O2S. The Morgan fingerprint density at radius 2 is 1.68 bits per heavy atom. The zero-order chi connectivity index (χ0) is 17.6. The second-order valence-electron chi connectivity index (χ2n) is 6.07. The molecule has 3 rings (SSSR count). The van der Waals surface area contributed by atoms with Gasteiger partial charge in [-0.2, -0.15) is 0 Å². The summed E-state index contributed by atoms with van der Waals surface area (Å²) in [6, 6.07) is 18.7. The molecular weight excluding hydrogens is 332 g/mol. The monoisotopic (exact) mass is 352 g/mol. The van der Waals surface area contributed by atoms with E-state index in [1.54, 1.807) is 0 Å². The van der Waals surface area contributed by atoms with E-state index in [0.717, 1.165) is 23.7 Å². The first-order valence-electron chi connectivity index (χ1n) is 8.08. The van der Waals surface area contributed by atoms with Gasteiger partial charge in [-0.25, -0.2) is 4.98 Å². The molecule has 0 aliphatic heterocycles. The zero-order valence-electron chi connectivity index (χ0n) is 14.1. The summed E-state index contributed by atoms with van der Waals surface area (Å²) in [4.78, 5) is 17.4. The minimum absolute atomic E-state index is 0.0289. The van der Waals surface area contributed by atoms with Gasteiger partial charge in [-0.1, -0.05) is 54.6 Å². The zero-order valence-corrected chi connectivity index (χ0v) is 14.9. The SMILES string of the molecule is CN(Cc1ccccc1)Cc1ccc(-c2nc(CC(=O)O)cs2)cc1. The van der Waals surface area contributed by atoms with Gasteiger partial charge >= 0.3 is 5.97 Å². The van der Waals surface area contributed by atoms with Gasteiger partial charge in [-0.3, -0.25) is 9.69 Å². The van der Waals surface area contributed by atoms with Crippen molar-refractivity contribution in [2.45, 2.75) is 19.5 Å². The minimum atomic E-state index is -0.853. The lowest BCUT2D eigenvalue weighted by Crippen LogP contribution is -2.17. The maximum Gasteiger partial charge on any atom is 0.309 e. The molecule has 3 aromatic rings. The molecule has 0 fully saturated rings. The maximum atomic E-state index is 10.8. The van der Waals surface area contributed by atoms with E-state index in [4.69, 9.17) is 5.11 Å². The Labute approximate surface area is 151 Å². The quantitative estimate of drug-likeness (QED) is 0.696. The van der Waals surface area contributed by atoms with Gasteiger partial charge in [0.2, 0.25) is 0 Å². The predicted molar refractivity (Wildman–Crippen MR) is 101 cm³/mol. The average molecular weight is 352 g/mol. The first-order chi connectivity index (χ1) is 12.1. The van der Waals surface area contributed by atoms with Gasteiger partial charge in [0.25, 0.3) is 0 Å².